The Kier molecular flexibility index (Phi) is 12.2. The summed E-state index contributed by atoms with van der Waals surface area (Å²) in [6, 6.07) is 18.8. The fourth-order valence-electron chi connectivity index (χ4n) is 3.80. The SMILES string of the molecule is C=C(C)COCCOc1ccc(-c2ccc(-c3ccc(OC(=O)C(=C)C)cc3OC)cc2)cc1OCCOC(=O)C(=C)C. The zero-order valence-corrected chi connectivity index (χ0v) is 25.2. The first kappa shape index (κ1) is 32.7. The van der Waals surface area contributed by atoms with Crippen molar-refractivity contribution in [1.82, 2.24) is 0 Å². The van der Waals surface area contributed by atoms with E-state index in [4.69, 9.17) is 28.4 Å². The molecule has 0 fully saturated rings. The van der Waals surface area contributed by atoms with Crippen molar-refractivity contribution >= 4 is 11.9 Å². The molecule has 226 valence electrons. The summed E-state index contributed by atoms with van der Waals surface area (Å²) in [5.41, 5.74) is 5.18. The van der Waals surface area contributed by atoms with Crippen molar-refractivity contribution in [2.45, 2.75) is 20.8 Å². The Hall–Kier alpha value is -4.82. The van der Waals surface area contributed by atoms with Gasteiger partial charge in [-0.2, -0.15) is 0 Å². The number of carbonyl (C=O) groups is 2. The van der Waals surface area contributed by atoms with Crippen LogP contribution in [0.4, 0.5) is 0 Å². The highest BCUT2D eigenvalue weighted by Gasteiger charge is 2.13. The molecule has 3 rings (SSSR count). The van der Waals surface area contributed by atoms with E-state index in [1.807, 2.05) is 55.5 Å². The molecule has 0 heterocycles. The van der Waals surface area contributed by atoms with Crippen LogP contribution in [0.3, 0.4) is 0 Å². The lowest BCUT2D eigenvalue weighted by Crippen LogP contribution is -2.13. The van der Waals surface area contributed by atoms with Crippen LogP contribution in [0.5, 0.6) is 23.0 Å². The molecule has 0 unspecified atom stereocenters. The van der Waals surface area contributed by atoms with E-state index in [0.717, 1.165) is 27.8 Å². The molecule has 0 aliphatic rings. The van der Waals surface area contributed by atoms with Gasteiger partial charge in [-0.3, -0.25) is 0 Å². The molecule has 0 amide bonds. The first-order valence-corrected chi connectivity index (χ1v) is 13.7. The molecule has 0 atom stereocenters. The molecular formula is C35H38O8. The van der Waals surface area contributed by atoms with Crippen molar-refractivity contribution in [2.24, 2.45) is 0 Å². The lowest BCUT2D eigenvalue weighted by Gasteiger charge is -2.15. The van der Waals surface area contributed by atoms with Crippen molar-refractivity contribution in [2.75, 3.05) is 40.1 Å². The predicted octanol–water partition coefficient (Wildman–Crippen LogP) is 6.98. The molecule has 0 saturated heterocycles. The van der Waals surface area contributed by atoms with E-state index in [1.54, 1.807) is 33.1 Å². The van der Waals surface area contributed by atoms with Gasteiger partial charge in [-0.05, 0) is 61.7 Å². The largest absolute Gasteiger partial charge is 0.496 e. The summed E-state index contributed by atoms with van der Waals surface area (Å²) in [4.78, 5) is 23.6. The number of esters is 2. The van der Waals surface area contributed by atoms with Gasteiger partial charge in [0.1, 0.15) is 31.3 Å². The Bertz CT molecular complexity index is 1470. The zero-order valence-electron chi connectivity index (χ0n) is 25.2. The highest BCUT2D eigenvalue weighted by Crippen LogP contribution is 2.36. The Labute approximate surface area is 253 Å². The molecule has 0 aliphatic heterocycles. The Balaban J connectivity index is 1.78. The zero-order chi connectivity index (χ0) is 31.4. The van der Waals surface area contributed by atoms with Gasteiger partial charge in [0.05, 0.1) is 20.3 Å². The van der Waals surface area contributed by atoms with Gasteiger partial charge in [-0.25, -0.2) is 9.59 Å². The lowest BCUT2D eigenvalue weighted by atomic mass is 9.99. The third-order valence-electron chi connectivity index (χ3n) is 5.96. The van der Waals surface area contributed by atoms with Crippen LogP contribution in [-0.2, 0) is 19.1 Å². The standard InChI is InChI=1S/C35H38O8/c1-23(2)22-39-16-17-40-31-15-12-28(20-33(31)41-18-19-42-34(36)24(3)4)26-8-10-27(11-9-26)30-14-13-29(21-32(30)38-7)43-35(37)25(5)6/h8-15,20-21H,1,3,5,16-19,22H2,2,4,6-7H3. The fraction of sp³-hybridized carbons (Fsp3) is 0.257. The fourth-order valence-corrected chi connectivity index (χ4v) is 3.80. The smallest absolute Gasteiger partial charge is 0.338 e. The van der Waals surface area contributed by atoms with Crippen LogP contribution in [0.15, 0.2) is 97.1 Å². The number of carbonyl (C=O) groups excluding carboxylic acids is 2. The van der Waals surface area contributed by atoms with Crippen molar-refractivity contribution in [3.05, 3.63) is 97.1 Å². The van der Waals surface area contributed by atoms with Gasteiger partial charge in [-0.15, -0.1) is 0 Å². The van der Waals surface area contributed by atoms with Crippen LogP contribution in [-0.4, -0.2) is 52.1 Å². The van der Waals surface area contributed by atoms with Crippen molar-refractivity contribution < 1.29 is 38.0 Å². The van der Waals surface area contributed by atoms with Crippen LogP contribution in [0.25, 0.3) is 22.3 Å². The van der Waals surface area contributed by atoms with Gasteiger partial charge in [-0.1, -0.05) is 55.6 Å². The van der Waals surface area contributed by atoms with Gasteiger partial charge >= 0.3 is 11.9 Å². The summed E-state index contributed by atoms with van der Waals surface area (Å²) >= 11 is 0. The number of hydrogen-bond acceptors (Lipinski definition) is 8. The Morgan fingerprint density at radius 1 is 0.651 bits per heavy atom. The lowest BCUT2D eigenvalue weighted by molar-refractivity contribution is -0.139. The summed E-state index contributed by atoms with van der Waals surface area (Å²) in [7, 11) is 1.56. The Morgan fingerprint density at radius 3 is 1.93 bits per heavy atom. The molecule has 0 N–H and O–H groups in total. The minimum Gasteiger partial charge on any atom is -0.496 e. The molecule has 0 aliphatic carbocycles. The molecule has 0 spiro atoms. The number of methoxy groups -OCH3 is 1. The molecule has 8 heteroatoms. The third-order valence-corrected chi connectivity index (χ3v) is 5.96. The quantitative estimate of drug-likeness (QED) is 0.0584. The summed E-state index contributed by atoms with van der Waals surface area (Å²) in [5.74, 6) is 1.02. The van der Waals surface area contributed by atoms with E-state index < -0.39 is 11.9 Å². The van der Waals surface area contributed by atoms with Crippen LogP contribution < -0.4 is 18.9 Å². The minimum atomic E-state index is -0.497. The van der Waals surface area contributed by atoms with Gasteiger partial charge < -0.3 is 28.4 Å². The topological polar surface area (TPSA) is 89.5 Å². The summed E-state index contributed by atoms with van der Waals surface area (Å²) < 4.78 is 33.5. The number of ether oxygens (including phenoxy) is 6. The average molecular weight is 587 g/mol. The second kappa shape index (κ2) is 16.0. The van der Waals surface area contributed by atoms with E-state index in [1.165, 1.54) is 0 Å². The second-order valence-electron chi connectivity index (χ2n) is 9.89. The maximum absolute atomic E-state index is 11.9. The molecule has 43 heavy (non-hydrogen) atoms. The molecule has 8 nitrogen and oxygen atoms in total. The molecular weight excluding hydrogens is 548 g/mol. The summed E-state index contributed by atoms with van der Waals surface area (Å²) in [5, 5.41) is 0. The van der Waals surface area contributed by atoms with Crippen molar-refractivity contribution in [3.63, 3.8) is 0 Å². The molecule has 0 aromatic heterocycles. The van der Waals surface area contributed by atoms with Gasteiger partial charge in [0, 0.05) is 22.8 Å². The first-order valence-electron chi connectivity index (χ1n) is 13.7. The summed E-state index contributed by atoms with van der Waals surface area (Å²) in [6.07, 6.45) is 0. The Morgan fingerprint density at radius 2 is 1.28 bits per heavy atom. The number of benzene rings is 3. The molecule has 0 saturated carbocycles. The second-order valence-corrected chi connectivity index (χ2v) is 9.89. The minimum absolute atomic E-state index is 0.0683. The van der Waals surface area contributed by atoms with Gasteiger partial charge in [0.25, 0.3) is 0 Å². The normalized spacial score (nSPS) is 10.4. The molecule has 3 aromatic carbocycles. The highest BCUT2D eigenvalue weighted by atomic mass is 16.6. The van der Waals surface area contributed by atoms with Gasteiger partial charge in [0.2, 0.25) is 0 Å². The summed E-state index contributed by atoms with van der Waals surface area (Å²) in [6.45, 7) is 17.5. The predicted molar refractivity (Wildman–Crippen MR) is 167 cm³/mol. The maximum atomic E-state index is 11.9. The van der Waals surface area contributed by atoms with Crippen LogP contribution in [0.1, 0.15) is 20.8 Å². The van der Waals surface area contributed by atoms with E-state index >= 15 is 0 Å². The van der Waals surface area contributed by atoms with Crippen LogP contribution in [0.2, 0.25) is 0 Å². The highest BCUT2D eigenvalue weighted by molar-refractivity contribution is 5.89. The van der Waals surface area contributed by atoms with Crippen LogP contribution >= 0.6 is 0 Å². The van der Waals surface area contributed by atoms with E-state index in [9.17, 15) is 9.59 Å². The maximum Gasteiger partial charge on any atom is 0.338 e. The first-order chi connectivity index (χ1) is 20.6. The van der Waals surface area contributed by atoms with E-state index in [-0.39, 0.29) is 13.2 Å². The van der Waals surface area contributed by atoms with E-state index in [0.29, 0.717) is 54.0 Å². The average Bonchev–Trinajstić information content (AvgIpc) is 2.99. The third kappa shape index (κ3) is 9.90. The van der Waals surface area contributed by atoms with Crippen molar-refractivity contribution in [3.8, 4) is 45.3 Å². The van der Waals surface area contributed by atoms with Crippen molar-refractivity contribution in [1.29, 1.82) is 0 Å². The monoisotopic (exact) mass is 586 g/mol. The van der Waals surface area contributed by atoms with Crippen LogP contribution in [0, 0.1) is 0 Å². The number of rotatable bonds is 16. The van der Waals surface area contributed by atoms with E-state index in [2.05, 4.69) is 19.7 Å². The van der Waals surface area contributed by atoms with Gasteiger partial charge in [0.15, 0.2) is 11.5 Å². The molecule has 3 aromatic rings. The molecule has 0 bridgehead atoms. The molecule has 0 radical (unpaired) electrons. The number of hydrogen-bond donors (Lipinski definition) is 0.